The molecule has 114 valence electrons. The molecular formula is C16H23N3O2. The molecule has 1 N–H and O–H groups in total. The summed E-state index contributed by atoms with van der Waals surface area (Å²) in [6, 6.07) is 6.38. The van der Waals surface area contributed by atoms with E-state index in [-0.39, 0.29) is 0 Å². The summed E-state index contributed by atoms with van der Waals surface area (Å²) in [5, 5.41) is 7.62. The Kier molecular flexibility index (Phi) is 4.72. The number of aromatic nitrogens is 1. The van der Waals surface area contributed by atoms with Crippen molar-refractivity contribution in [2.45, 2.75) is 38.8 Å². The van der Waals surface area contributed by atoms with Gasteiger partial charge in [-0.05, 0) is 51.0 Å². The zero-order valence-corrected chi connectivity index (χ0v) is 12.5. The topological polar surface area (TPSA) is 54.4 Å². The van der Waals surface area contributed by atoms with Crippen LogP contribution in [0.3, 0.4) is 0 Å². The lowest BCUT2D eigenvalue weighted by molar-refractivity contribution is 0.150. The van der Waals surface area contributed by atoms with Crippen molar-refractivity contribution in [3.05, 3.63) is 30.2 Å². The normalized spacial score (nSPS) is 16.7. The van der Waals surface area contributed by atoms with Crippen LogP contribution in [0, 0.1) is 0 Å². The summed E-state index contributed by atoms with van der Waals surface area (Å²) >= 11 is 0. The third-order valence-corrected chi connectivity index (χ3v) is 4.02. The van der Waals surface area contributed by atoms with Crippen LogP contribution >= 0.6 is 0 Å². The molecule has 0 aromatic carbocycles. The van der Waals surface area contributed by atoms with Gasteiger partial charge in [0, 0.05) is 18.7 Å². The van der Waals surface area contributed by atoms with Gasteiger partial charge in [0.25, 0.3) is 0 Å². The molecule has 0 saturated carbocycles. The second kappa shape index (κ2) is 6.91. The maximum Gasteiger partial charge on any atom is 0.202 e. The highest BCUT2D eigenvalue weighted by molar-refractivity contribution is 5.49. The second-order valence-electron chi connectivity index (χ2n) is 5.61. The molecule has 5 nitrogen and oxygen atoms in total. The highest BCUT2D eigenvalue weighted by Crippen LogP contribution is 2.22. The number of nitrogens with one attached hydrogen (secondary N) is 1. The van der Waals surface area contributed by atoms with Gasteiger partial charge >= 0.3 is 0 Å². The molecule has 1 aliphatic rings. The Bertz CT molecular complexity index is 529. The molecule has 3 rings (SSSR count). The first kappa shape index (κ1) is 14.4. The summed E-state index contributed by atoms with van der Waals surface area (Å²) in [4.78, 5) is 2.53. The van der Waals surface area contributed by atoms with Crippen LogP contribution in [0.25, 0.3) is 11.5 Å². The van der Waals surface area contributed by atoms with Crippen molar-refractivity contribution in [1.82, 2.24) is 15.4 Å². The van der Waals surface area contributed by atoms with Crippen LogP contribution in [0.5, 0.6) is 0 Å². The summed E-state index contributed by atoms with van der Waals surface area (Å²) in [6.07, 6.45) is 5.23. The van der Waals surface area contributed by atoms with E-state index in [9.17, 15) is 0 Å². The van der Waals surface area contributed by atoms with Gasteiger partial charge < -0.3 is 14.3 Å². The fourth-order valence-electron chi connectivity index (χ4n) is 2.98. The minimum atomic E-state index is 0.648. The first-order chi connectivity index (χ1) is 10.4. The van der Waals surface area contributed by atoms with Crippen molar-refractivity contribution in [3.63, 3.8) is 0 Å². The molecule has 0 spiro atoms. The fraction of sp³-hybridized carbons (Fsp3) is 0.562. The molecular weight excluding hydrogens is 266 g/mol. The molecule has 0 aliphatic carbocycles. The molecule has 1 aliphatic heterocycles. The molecule has 0 bridgehead atoms. The van der Waals surface area contributed by atoms with E-state index in [1.165, 1.54) is 12.8 Å². The second-order valence-corrected chi connectivity index (χ2v) is 5.61. The van der Waals surface area contributed by atoms with Crippen molar-refractivity contribution in [2.24, 2.45) is 0 Å². The van der Waals surface area contributed by atoms with E-state index in [4.69, 9.17) is 8.94 Å². The number of nitrogens with zero attached hydrogens (tertiary/aromatic N) is 2. The quantitative estimate of drug-likeness (QED) is 0.886. The maximum absolute atomic E-state index is 5.39. The molecule has 21 heavy (non-hydrogen) atoms. The van der Waals surface area contributed by atoms with Crippen molar-refractivity contribution in [3.8, 4) is 11.5 Å². The Morgan fingerprint density at radius 3 is 2.90 bits per heavy atom. The van der Waals surface area contributed by atoms with E-state index in [2.05, 4.69) is 22.3 Å². The largest absolute Gasteiger partial charge is 0.461 e. The molecule has 0 amide bonds. The number of furan rings is 1. The van der Waals surface area contributed by atoms with E-state index in [1.807, 2.05) is 18.2 Å². The molecule has 2 aromatic rings. The van der Waals surface area contributed by atoms with Gasteiger partial charge in [-0.1, -0.05) is 12.1 Å². The van der Waals surface area contributed by atoms with Crippen LogP contribution in [-0.2, 0) is 6.54 Å². The molecule has 0 atom stereocenters. The first-order valence-electron chi connectivity index (χ1n) is 7.81. The number of piperidine rings is 1. The minimum Gasteiger partial charge on any atom is -0.461 e. The van der Waals surface area contributed by atoms with E-state index in [1.54, 1.807) is 6.26 Å². The molecule has 2 aromatic heterocycles. The first-order valence-corrected chi connectivity index (χ1v) is 7.81. The molecule has 1 saturated heterocycles. The van der Waals surface area contributed by atoms with Crippen molar-refractivity contribution < 1.29 is 8.94 Å². The Hall–Kier alpha value is -1.59. The monoisotopic (exact) mass is 289 g/mol. The smallest absolute Gasteiger partial charge is 0.202 e. The average molecular weight is 289 g/mol. The third-order valence-electron chi connectivity index (χ3n) is 4.02. The molecule has 1 fully saturated rings. The molecule has 0 radical (unpaired) electrons. The van der Waals surface area contributed by atoms with Gasteiger partial charge in [-0.15, -0.1) is 0 Å². The number of rotatable bonds is 6. The lowest BCUT2D eigenvalue weighted by Gasteiger charge is -2.33. The highest BCUT2D eigenvalue weighted by atomic mass is 16.5. The lowest BCUT2D eigenvalue weighted by atomic mass is 10.0. The van der Waals surface area contributed by atoms with E-state index < -0.39 is 0 Å². The summed E-state index contributed by atoms with van der Waals surface area (Å²) in [6.45, 7) is 6.41. The average Bonchev–Trinajstić information content (AvgIpc) is 3.19. The molecule has 3 heterocycles. The van der Waals surface area contributed by atoms with E-state index in [0.29, 0.717) is 11.8 Å². The standard InChI is InChI=1S/C16H23N3O2/c1-2-9-19(14-5-7-17-8-6-14)12-13-11-16(21-18-13)15-4-3-10-20-15/h3-4,10-11,14,17H,2,5-9,12H2,1H3. The summed E-state index contributed by atoms with van der Waals surface area (Å²) in [5.74, 6) is 1.44. The van der Waals surface area contributed by atoms with Crippen LogP contribution in [0.1, 0.15) is 31.9 Å². The van der Waals surface area contributed by atoms with Gasteiger partial charge in [0.15, 0.2) is 5.76 Å². The van der Waals surface area contributed by atoms with Crippen molar-refractivity contribution in [1.29, 1.82) is 0 Å². The third kappa shape index (κ3) is 3.54. The molecule has 5 heteroatoms. The SMILES string of the molecule is CCCN(Cc1cc(-c2ccco2)on1)C1CCNCC1. The predicted octanol–water partition coefficient (Wildman–Crippen LogP) is 2.90. The van der Waals surface area contributed by atoms with Gasteiger partial charge in [-0.3, -0.25) is 4.90 Å². The Morgan fingerprint density at radius 1 is 1.33 bits per heavy atom. The van der Waals surface area contributed by atoms with Crippen LogP contribution in [-0.4, -0.2) is 35.7 Å². The Morgan fingerprint density at radius 2 is 2.19 bits per heavy atom. The zero-order chi connectivity index (χ0) is 14.5. The van der Waals surface area contributed by atoms with Gasteiger partial charge in [0.1, 0.15) is 0 Å². The Balaban J connectivity index is 1.67. The van der Waals surface area contributed by atoms with Gasteiger partial charge in [-0.25, -0.2) is 0 Å². The summed E-state index contributed by atoms with van der Waals surface area (Å²) < 4.78 is 10.7. The van der Waals surface area contributed by atoms with Crippen molar-refractivity contribution >= 4 is 0 Å². The van der Waals surface area contributed by atoms with Gasteiger partial charge in [0.05, 0.1) is 12.0 Å². The van der Waals surface area contributed by atoms with Crippen LogP contribution in [0.4, 0.5) is 0 Å². The van der Waals surface area contributed by atoms with Crippen LogP contribution in [0.15, 0.2) is 33.4 Å². The van der Waals surface area contributed by atoms with Crippen LogP contribution in [0.2, 0.25) is 0 Å². The number of hydrogen-bond donors (Lipinski definition) is 1. The van der Waals surface area contributed by atoms with Crippen LogP contribution < -0.4 is 5.32 Å². The maximum atomic E-state index is 5.39. The predicted molar refractivity (Wildman–Crippen MR) is 80.8 cm³/mol. The fourth-order valence-corrected chi connectivity index (χ4v) is 2.98. The lowest BCUT2D eigenvalue weighted by Crippen LogP contribution is -2.43. The Labute approximate surface area is 125 Å². The van der Waals surface area contributed by atoms with E-state index >= 15 is 0 Å². The van der Waals surface area contributed by atoms with E-state index in [0.717, 1.165) is 44.1 Å². The summed E-state index contributed by atoms with van der Waals surface area (Å²) in [5.41, 5.74) is 0.980. The zero-order valence-electron chi connectivity index (χ0n) is 12.5. The van der Waals surface area contributed by atoms with Gasteiger partial charge in [-0.2, -0.15) is 0 Å². The highest BCUT2D eigenvalue weighted by Gasteiger charge is 2.21. The van der Waals surface area contributed by atoms with Gasteiger partial charge in [0.2, 0.25) is 5.76 Å². The minimum absolute atomic E-state index is 0.648. The summed E-state index contributed by atoms with van der Waals surface area (Å²) in [7, 11) is 0. The molecule has 0 unspecified atom stereocenters. The number of hydrogen-bond acceptors (Lipinski definition) is 5. The van der Waals surface area contributed by atoms with Crippen molar-refractivity contribution in [2.75, 3.05) is 19.6 Å².